The molecule has 2 aliphatic rings. The van der Waals surface area contributed by atoms with Gasteiger partial charge < -0.3 is 23.8 Å². The van der Waals surface area contributed by atoms with E-state index in [1.807, 2.05) is 36.9 Å². The monoisotopic (exact) mass is 321 g/mol. The van der Waals surface area contributed by atoms with Crippen LogP contribution in [-0.2, 0) is 20.8 Å². The van der Waals surface area contributed by atoms with Crippen molar-refractivity contribution in [3.05, 3.63) is 23.8 Å². The van der Waals surface area contributed by atoms with Gasteiger partial charge in [-0.1, -0.05) is 0 Å². The fourth-order valence-electron chi connectivity index (χ4n) is 3.09. The van der Waals surface area contributed by atoms with Crippen LogP contribution in [0.25, 0.3) is 0 Å². The maximum Gasteiger partial charge on any atom is 0.225 e. The van der Waals surface area contributed by atoms with E-state index in [0.717, 1.165) is 11.3 Å². The summed E-state index contributed by atoms with van der Waals surface area (Å²) in [5.41, 5.74) is 0.949. The van der Waals surface area contributed by atoms with Crippen LogP contribution in [0, 0.1) is 0 Å². The first kappa shape index (κ1) is 16.1. The van der Waals surface area contributed by atoms with E-state index in [9.17, 15) is 4.79 Å². The molecule has 23 heavy (non-hydrogen) atoms. The fraction of sp³-hybridized carbons (Fsp3) is 0.588. The molecule has 2 heterocycles. The first-order valence-corrected chi connectivity index (χ1v) is 7.75. The van der Waals surface area contributed by atoms with E-state index in [1.165, 1.54) is 0 Å². The van der Waals surface area contributed by atoms with Crippen molar-refractivity contribution in [1.82, 2.24) is 4.90 Å². The zero-order valence-corrected chi connectivity index (χ0v) is 14.0. The van der Waals surface area contributed by atoms with Gasteiger partial charge in [0.1, 0.15) is 17.6 Å². The number of rotatable bonds is 5. The summed E-state index contributed by atoms with van der Waals surface area (Å²) in [6.07, 6.45) is 0.426. The van der Waals surface area contributed by atoms with E-state index in [4.69, 9.17) is 18.9 Å². The lowest BCUT2D eigenvalue weighted by Gasteiger charge is -2.43. The zero-order valence-electron chi connectivity index (χ0n) is 14.0. The molecule has 1 aromatic rings. The van der Waals surface area contributed by atoms with Gasteiger partial charge in [0.15, 0.2) is 5.79 Å². The maximum atomic E-state index is 12.1. The van der Waals surface area contributed by atoms with Gasteiger partial charge in [-0.3, -0.25) is 4.79 Å². The second-order valence-electron chi connectivity index (χ2n) is 6.34. The van der Waals surface area contributed by atoms with Crippen molar-refractivity contribution < 1.29 is 23.7 Å². The number of carbonyl (C=O) groups excluding carboxylic acids is 1. The van der Waals surface area contributed by atoms with Crippen LogP contribution in [0.2, 0.25) is 0 Å². The summed E-state index contributed by atoms with van der Waals surface area (Å²) in [5, 5.41) is 0. The van der Waals surface area contributed by atoms with Crippen molar-refractivity contribution in [3.8, 4) is 11.5 Å². The van der Waals surface area contributed by atoms with Crippen molar-refractivity contribution in [1.29, 1.82) is 0 Å². The molecule has 0 spiro atoms. The number of β-lactam (4-membered cyclic amide) rings is 1. The van der Waals surface area contributed by atoms with E-state index < -0.39 is 5.79 Å². The number of hydrogen-bond donors (Lipinski definition) is 0. The Balaban J connectivity index is 1.73. The van der Waals surface area contributed by atoms with E-state index in [1.54, 1.807) is 14.2 Å². The van der Waals surface area contributed by atoms with Gasteiger partial charge in [0.05, 0.1) is 26.9 Å². The lowest BCUT2D eigenvalue weighted by molar-refractivity contribution is -0.169. The molecule has 2 saturated heterocycles. The molecule has 2 atom stereocenters. The van der Waals surface area contributed by atoms with Crippen LogP contribution in [-0.4, -0.2) is 49.6 Å². The normalized spacial score (nSPS) is 26.1. The first-order chi connectivity index (χ1) is 10.9. The summed E-state index contributed by atoms with van der Waals surface area (Å²) in [7, 11) is 3.23. The minimum absolute atomic E-state index is 0.0519. The van der Waals surface area contributed by atoms with E-state index >= 15 is 0 Å². The largest absolute Gasteiger partial charge is 0.497 e. The van der Waals surface area contributed by atoms with Crippen molar-refractivity contribution in [2.24, 2.45) is 0 Å². The highest BCUT2D eigenvalue weighted by molar-refractivity contribution is 5.83. The standard InChI is InChI=1S/C17H23NO5/c1-17(2)22-10-15(23-17)13-8-16(19)18(13)9-11-5-6-12(20-3)7-14(11)21-4/h5-7,13,15H,8-10H2,1-4H3/t13?,15-/m0/s1. The van der Waals surface area contributed by atoms with Gasteiger partial charge in [-0.15, -0.1) is 0 Å². The van der Waals surface area contributed by atoms with Crippen LogP contribution in [0.4, 0.5) is 0 Å². The summed E-state index contributed by atoms with van der Waals surface area (Å²) in [6.45, 7) is 4.80. The first-order valence-electron chi connectivity index (χ1n) is 7.75. The Kier molecular flexibility index (Phi) is 4.21. The van der Waals surface area contributed by atoms with Gasteiger partial charge in [0, 0.05) is 24.6 Å². The Bertz CT molecular complexity index is 601. The van der Waals surface area contributed by atoms with Crippen LogP contribution in [0.5, 0.6) is 11.5 Å². The van der Waals surface area contributed by atoms with Crippen molar-refractivity contribution in [2.45, 2.75) is 44.7 Å². The third-order valence-corrected chi connectivity index (χ3v) is 4.40. The average molecular weight is 321 g/mol. The van der Waals surface area contributed by atoms with Gasteiger partial charge in [-0.25, -0.2) is 0 Å². The predicted octanol–water partition coefficient (Wildman–Crippen LogP) is 1.96. The van der Waals surface area contributed by atoms with Gasteiger partial charge in [0.2, 0.25) is 5.91 Å². The van der Waals surface area contributed by atoms with Crippen molar-refractivity contribution >= 4 is 5.91 Å². The molecule has 1 amide bonds. The number of nitrogens with zero attached hydrogens (tertiary/aromatic N) is 1. The molecule has 0 bridgehead atoms. The number of hydrogen-bond acceptors (Lipinski definition) is 5. The Hall–Kier alpha value is -1.79. The highest BCUT2D eigenvalue weighted by atomic mass is 16.7. The lowest BCUT2D eigenvalue weighted by atomic mass is 9.95. The molecule has 6 nitrogen and oxygen atoms in total. The number of methoxy groups -OCH3 is 2. The highest BCUT2D eigenvalue weighted by Gasteiger charge is 2.47. The van der Waals surface area contributed by atoms with Crippen LogP contribution < -0.4 is 9.47 Å². The third-order valence-electron chi connectivity index (χ3n) is 4.40. The number of ether oxygens (including phenoxy) is 4. The van der Waals surface area contributed by atoms with Crippen LogP contribution >= 0.6 is 0 Å². The molecule has 2 fully saturated rings. The smallest absolute Gasteiger partial charge is 0.225 e. The summed E-state index contributed by atoms with van der Waals surface area (Å²) in [4.78, 5) is 13.9. The van der Waals surface area contributed by atoms with Gasteiger partial charge in [-0.05, 0) is 26.0 Å². The average Bonchev–Trinajstić information content (AvgIpc) is 2.89. The predicted molar refractivity (Wildman–Crippen MR) is 83.4 cm³/mol. The number of carbonyl (C=O) groups is 1. The molecule has 0 aliphatic carbocycles. The minimum Gasteiger partial charge on any atom is -0.497 e. The molecule has 2 aliphatic heterocycles. The molecule has 126 valence electrons. The highest BCUT2D eigenvalue weighted by Crippen LogP contribution is 2.35. The van der Waals surface area contributed by atoms with E-state index in [-0.39, 0.29) is 18.1 Å². The summed E-state index contributed by atoms with van der Waals surface area (Å²) >= 11 is 0. The summed E-state index contributed by atoms with van der Waals surface area (Å²) < 4.78 is 22.1. The van der Waals surface area contributed by atoms with Crippen molar-refractivity contribution in [3.63, 3.8) is 0 Å². The Morgan fingerprint density at radius 2 is 2.09 bits per heavy atom. The molecule has 3 rings (SSSR count). The molecule has 1 unspecified atom stereocenters. The second-order valence-corrected chi connectivity index (χ2v) is 6.34. The van der Waals surface area contributed by atoms with E-state index in [0.29, 0.717) is 25.3 Å². The molecule has 6 heteroatoms. The van der Waals surface area contributed by atoms with E-state index in [2.05, 4.69) is 0 Å². The van der Waals surface area contributed by atoms with Gasteiger partial charge >= 0.3 is 0 Å². The fourth-order valence-corrected chi connectivity index (χ4v) is 3.09. The lowest BCUT2D eigenvalue weighted by Crippen LogP contribution is -2.58. The Morgan fingerprint density at radius 3 is 2.65 bits per heavy atom. The summed E-state index contributed by atoms with van der Waals surface area (Å²) in [6, 6.07) is 5.68. The topological polar surface area (TPSA) is 57.2 Å². The molecule has 0 radical (unpaired) electrons. The Morgan fingerprint density at radius 1 is 1.30 bits per heavy atom. The van der Waals surface area contributed by atoms with Gasteiger partial charge in [0.25, 0.3) is 0 Å². The number of benzene rings is 1. The Labute approximate surface area is 136 Å². The van der Waals surface area contributed by atoms with Crippen molar-refractivity contribution in [2.75, 3.05) is 20.8 Å². The molecule has 0 aromatic heterocycles. The minimum atomic E-state index is -0.577. The SMILES string of the molecule is COc1ccc(CN2C(=O)CC2[C@@H]2COC(C)(C)O2)c(OC)c1. The molecular formula is C17H23NO5. The number of likely N-dealkylation sites (tertiary alicyclic amines) is 1. The molecule has 0 N–H and O–H groups in total. The quantitative estimate of drug-likeness (QED) is 0.776. The second kappa shape index (κ2) is 6.02. The molecule has 1 aromatic carbocycles. The summed E-state index contributed by atoms with van der Waals surface area (Å²) in [5.74, 6) is 0.992. The van der Waals surface area contributed by atoms with Crippen LogP contribution in [0.1, 0.15) is 25.8 Å². The van der Waals surface area contributed by atoms with Gasteiger partial charge in [-0.2, -0.15) is 0 Å². The molecule has 0 saturated carbocycles. The maximum absolute atomic E-state index is 12.1. The van der Waals surface area contributed by atoms with Crippen LogP contribution in [0.3, 0.4) is 0 Å². The zero-order chi connectivity index (χ0) is 16.6. The molecular weight excluding hydrogens is 298 g/mol. The number of amides is 1. The van der Waals surface area contributed by atoms with Crippen LogP contribution in [0.15, 0.2) is 18.2 Å². The third kappa shape index (κ3) is 3.14.